The normalized spacial score (nSPS) is 14.1. The maximum Gasteiger partial charge on any atom is 0.418 e. The second-order valence-corrected chi connectivity index (χ2v) is 5.88. The van der Waals surface area contributed by atoms with Crippen molar-refractivity contribution in [3.05, 3.63) is 53.6 Å². The first-order valence-electron chi connectivity index (χ1n) is 7.48. The number of hydrogen-bond acceptors (Lipinski definition) is 3. The Morgan fingerprint density at radius 1 is 1.12 bits per heavy atom. The van der Waals surface area contributed by atoms with Crippen molar-refractivity contribution in [2.75, 3.05) is 12.1 Å². The van der Waals surface area contributed by atoms with E-state index in [0.717, 1.165) is 11.6 Å². The van der Waals surface area contributed by atoms with Gasteiger partial charge in [0.25, 0.3) is 0 Å². The van der Waals surface area contributed by atoms with Gasteiger partial charge in [-0.2, -0.15) is 13.2 Å². The number of para-hydroxylation sites is 1. The molecule has 25 heavy (non-hydrogen) atoms. The molecule has 1 aliphatic rings. The van der Waals surface area contributed by atoms with Crippen LogP contribution < -0.4 is 20.1 Å². The minimum Gasteiger partial charge on any atom is -0.454 e. The minimum atomic E-state index is -4.46. The quantitative estimate of drug-likeness (QED) is 0.782. The molecule has 4 nitrogen and oxygen atoms in total. The van der Waals surface area contributed by atoms with Gasteiger partial charge in [0, 0.05) is 0 Å². The highest BCUT2D eigenvalue weighted by Crippen LogP contribution is 2.35. The van der Waals surface area contributed by atoms with Gasteiger partial charge in [0.05, 0.1) is 17.3 Å². The zero-order valence-corrected chi connectivity index (χ0v) is 14.0. The van der Waals surface area contributed by atoms with Crippen LogP contribution in [0.2, 0.25) is 0 Å². The van der Waals surface area contributed by atoms with E-state index in [1.165, 1.54) is 18.2 Å². The molecule has 1 aliphatic heterocycles. The van der Waals surface area contributed by atoms with E-state index in [2.05, 4.69) is 10.6 Å². The van der Waals surface area contributed by atoms with Crippen LogP contribution in [-0.4, -0.2) is 11.9 Å². The lowest BCUT2D eigenvalue weighted by Crippen LogP contribution is -2.31. The summed E-state index contributed by atoms with van der Waals surface area (Å²) >= 11 is 5.15. The number of alkyl halides is 3. The molecule has 0 saturated heterocycles. The second kappa shape index (κ2) is 6.79. The molecule has 0 amide bonds. The predicted octanol–water partition coefficient (Wildman–Crippen LogP) is 4.48. The fraction of sp³-hybridized carbons (Fsp3) is 0.235. The van der Waals surface area contributed by atoms with Crippen LogP contribution in [0, 0.1) is 0 Å². The van der Waals surface area contributed by atoms with Gasteiger partial charge in [-0.1, -0.05) is 18.2 Å². The molecule has 0 aliphatic carbocycles. The Morgan fingerprint density at radius 2 is 1.84 bits per heavy atom. The van der Waals surface area contributed by atoms with Crippen LogP contribution in [0.3, 0.4) is 0 Å². The van der Waals surface area contributed by atoms with Gasteiger partial charge in [0.15, 0.2) is 16.6 Å². The largest absolute Gasteiger partial charge is 0.454 e. The summed E-state index contributed by atoms with van der Waals surface area (Å²) in [5, 5.41) is 5.68. The highest BCUT2D eigenvalue weighted by Gasteiger charge is 2.33. The molecule has 1 atom stereocenters. The van der Waals surface area contributed by atoms with E-state index in [4.69, 9.17) is 21.7 Å². The van der Waals surface area contributed by atoms with Gasteiger partial charge < -0.3 is 20.1 Å². The number of benzene rings is 2. The van der Waals surface area contributed by atoms with Gasteiger partial charge in [0.2, 0.25) is 6.79 Å². The summed E-state index contributed by atoms with van der Waals surface area (Å²) in [4.78, 5) is 0. The molecular weight excluding hydrogens is 353 g/mol. The van der Waals surface area contributed by atoms with Crippen molar-refractivity contribution in [2.24, 2.45) is 0 Å². The topological polar surface area (TPSA) is 42.5 Å². The molecular formula is C17H15F3N2O2S. The Balaban J connectivity index is 1.69. The number of nitrogens with one attached hydrogen (secondary N) is 2. The third-order valence-corrected chi connectivity index (χ3v) is 3.94. The van der Waals surface area contributed by atoms with Gasteiger partial charge in [-0.05, 0) is 49.0 Å². The number of thiocarbonyl (C=S) groups is 1. The van der Waals surface area contributed by atoms with Crippen molar-refractivity contribution in [1.29, 1.82) is 0 Å². The third-order valence-electron chi connectivity index (χ3n) is 3.72. The fourth-order valence-electron chi connectivity index (χ4n) is 2.46. The zero-order chi connectivity index (χ0) is 18.0. The average Bonchev–Trinajstić information content (AvgIpc) is 3.01. The van der Waals surface area contributed by atoms with E-state index >= 15 is 0 Å². The summed E-state index contributed by atoms with van der Waals surface area (Å²) in [6.45, 7) is 2.02. The number of anilines is 1. The summed E-state index contributed by atoms with van der Waals surface area (Å²) < 4.78 is 49.6. The molecule has 132 valence electrons. The van der Waals surface area contributed by atoms with Gasteiger partial charge in [-0.25, -0.2) is 0 Å². The van der Waals surface area contributed by atoms with E-state index in [-0.39, 0.29) is 23.6 Å². The van der Waals surface area contributed by atoms with E-state index in [1.807, 2.05) is 19.1 Å². The number of halogens is 3. The maximum atomic E-state index is 13.0. The lowest BCUT2D eigenvalue weighted by Gasteiger charge is -2.19. The molecule has 2 aromatic carbocycles. The fourth-order valence-corrected chi connectivity index (χ4v) is 2.75. The van der Waals surface area contributed by atoms with Crippen LogP contribution in [0.1, 0.15) is 24.1 Å². The maximum absolute atomic E-state index is 13.0. The lowest BCUT2D eigenvalue weighted by molar-refractivity contribution is -0.136. The average molecular weight is 368 g/mol. The monoisotopic (exact) mass is 368 g/mol. The Kier molecular flexibility index (Phi) is 4.71. The first-order valence-corrected chi connectivity index (χ1v) is 7.89. The number of fused-ring (bicyclic) bond motifs is 1. The standard InChI is InChI=1S/C17H15F3N2O2S/c1-10(11-6-7-14-15(8-11)24-9-23-14)21-16(25)22-13-5-3-2-4-12(13)17(18,19)20/h2-8,10H,9H2,1H3,(H2,21,22,25). The minimum absolute atomic E-state index is 0.0922. The Morgan fingerprint density at radius 3 is 2.60 bits per heavy atom. The van der Waals surface area contributed by atoms with Crippen LogP contribution in [-0.2, 0) is 6.18 Å². The molecule has 0 aromatic heterocycles. The Hall–Kier alpha value is -2.48. The van der Waals surface area contributed by atoms with E-state index in [1.54, 1.807) is 6.07 Å². The molecule has 1 heterocycles. The molecule has 1 unspecified atom stereocenters. The van der Waals surface area contributed by atoms with Crippen molar-refractivity contribution >= 4 is 23.0 Å². The van der Waals surface area contributed by atoms with E-state index in [0.29, 0.717) is 11.5 Å². The summed E-state index contributed by atoms with van der Waals surface area (Å²) in [5.41, 5.74) is 0.0118. The first kappa shape index (κ1) is 17.3. The lowest BCUT2D eigenvalue weighted by atomic mass is 10.1. The Labute approximate surface area is 147 Å². The van der Waals surface area contributed by atoms with Crippen molar-refractivity contribution < 1.29 is 22.6 Å². The Bertz CT molecular complexity index is 796. The molecule has 0 radical (unpaired) electrons. The molecule has 0 bridgehead atoms. The number of ether oxygens (including phenoxy) is 2. The zero-order valence-electron chi connectivity index (χ0n) is 13.2. The summed E-state index contributed by atoms with van der Waals surface area (Å²) in [5.74, 6) is 1.29. The molecule has 3 rings (SSSR count). The molecule has 0 saturated carbocycles. The smallest absolute Gasteiger partial charge is 0.418 e. The highest BCUT2D eigenvalue weighted by molar-refractivity contribution is 7.80. The highest BCUT2D eigenvalue weighted by atomic mass is 32.1. The van der Waals surface area contributed by atoms with Crippen LogP contribution in [0.25, 0.3) is 0 Å². The van der Waals surface area contributed by atoms with Crippen LogP contribution in [0.15, 0.2) is 42.5 Å². The molecule has 8 heteroatoms. The van der Waals surface area contributed by atoms with Gasteiger partial charge in [-0.15, -0.1) is 0 Å². The number of hydrogen-bond donors (Lipinski definition) is 2. The van der Waals surface area contributed by atoms with Gasteiger partial charge in [-0.3, -0.25) is 0 Å². The predicted molar refractivity (Wildman–Crippen MR) is 91.8 cm³/mol. The van der Waals surface area contributed by atoms with Crippen molar-refractivity contribution in [1.82, 2.24) is 5.32 Å². The summed E-state index contributed by atoms with van der Waals surface area (Å²) in [7, 11) is 0. The summed E-state index contributed by atoms with van der Waals surface area (Å²) in [6.07, 6.45) is -4.46. The van der Waals surface area contributed by atoms with Crippen LogP contribution in [0.5, 0.6) is 11.5 Å². The van der Waals surface area contributed by atoms with Crippen molar-refractivity contribution in [2.45, 2.75) is 19.1 Å². The second-order valence-electron chi connectivity index (χ2n) is 5.48. The van der Waals surface area contributed by atoms with Crippen molar-refractivity contribution in [3.8, 4) is 11.5 Å². The van der Waals surface area contributed by atoms with Gasteiger partial charge >= 0.3 is 6.18 Å². The van der Waals surface area contributed by atoms with E-state index in [9.17, 15) is 13.2 Å². The van der Waals surface area contributed by atoms with Crippen molar-refractivity contribution in [3.63, 3.8) is 0 Å². The van der Waals surface area contributed by atoms with Crippen LogP contribution in [0.4, 0.5) is 18.9 Å². The van der Waals surface area contributed by atoms with Crippen LogP contribution >= 0.6 is 12.2 Å². The van der Waals surface area contributed by atoms with Gasteiger partial charge in [0.1, 0.15) is 0 Å². The third kappa shape index (κ3) is 3.96. The molecule has 2 aromatic rings. The molecule has 2 N–H and O–H groups in total. The SMILES string of the molecule is CC(NC(=S)Nc1ccccc1C(F)(F)F)c1ccc2c(c1)OCO2. The molecule has 0 fully saturated rings. The summed E-state index contributed by atoms with van der Waals surface area (Å²) in [6, 6.07) is 10.4. The molecule has 0 spiro atoms. The first-order chi connectivity index (χ1) is 11.8. The number of rotatable bonds is 3. The van der Waals surface area contributed by atoms with E-state index < -0.39 is 11.7 Å².